The largest absolute Gasteiger partial charge is 0.424 e. The molecule has 1 aliphatic carbocycles. The highest BCUT2D eigenvalue weighted by molar-refractivity contribution is 5.85. The average Bonchev–Trinajstić information content (AvgIpc) is 2.95. The Labute approximate surface area is 232 Å². The van der Waals surface area contributed by atoms with E-state index >= 15 is 0 Å². The van der Waals surface area contributed by atoms with Crippen molar-refractivity contribution in [3.8, 4) is 11.8 Å². The zero-order chi connectivity index (χ0) is 27.2. The number of hydrogen-bond acceptors (Lipinski definition) is 3. The molecule has 1 unspecified atom stereocenters. The van der Waals surface area contributed by atoms with Crippen molar-refractivity contribution in [1.82, 2.24) is 0 Å². The zero-order valence-corrected chi connectivity index (χ0v) is 24.2. The number of nitriles is 1. The fourth-order valence-corrected chi connectivity index (χ4v) is 6.00. The Hall–Kier alpha value is -2.60. The van der Waals surface area contributed by atoms with E-state index in [1.54, 1.807) is 0 Å². The summed E-state index contributed by atoms with van der Waals surface area (Å²) in [5.74, 6) is 0.762. The number of rotatable bonds is 15. The van der Waals surface area contributed by atoms with Crippen LogP contribution < -0.4 is 4.74 Å². The van der Waals surface area contributed by atoms with E-state index in [0.717, 1.165) is 56.1 Å². The predicted octanol–water partition coefficient (Wildman–Crippen LogP) is 9.64. The third-order valence-electron chi connectivity index (χ3n) is 8.43. The van der Waals surface area contributed by atoms with Gasteiger partial charge in [-0.25, -0.2) is 0 Å². The molecule has 3 nitrogen and oxygen atoms in total. The number of unbranched alkanes of at least 4 members (excludes halogenated alkanes) is 6. The van der Waals surface area contributed by atoms with Gasteiger partial charge in [-0.2, -0.15) is 5.26 Å². The van der Waals surface area contributed by atoms with Crippen LogP contribution in [0.5, 0.6) is 5.75 Å². The minimum absolute atomic E-state index is 0.207. The van der Waals surface area contributed by atoms with Crippen LogP contribution >= 0.6 is 0 Å². The van der Waals surface area contributed by atoms with E-state index < -0.39 is 5.41 Å². The van der Waals surface area contributed by atoms with Crippen molar-refractivity contribution in [3.63, 3.8) is 0 Å². The van der Waals surface area contributed by atoms with Gasteiger partial charge >= 0.3 is 5.97 Å². The van der Waals surface area contributed by atoms with E-state index in [-0.39, 0.29) is 5.97 Å². The summed E-state index contributed by atoms with van der Waals surface area (Å²) < 4.78 is 6.04. The van der Waals surface area contributed by atoms with Crippen LogP contribution in [0.4, 0.5) is 0 Å². The first-order valence-corrected chi connectivity index (χ1v) is 15.4. The molecule has 2 aromatic rings. The van der Waals surface area contributed by atoms with Crippen molar-refractivity contribution in [2.24, 2.45) is 5.92 Å². The van der Waals surface area contributed by atoms with Crippen molar-refractivity contribution in [3.05, 3.63) is 64.7 Å². The van der Waals surface area contributed by atoms with Crippen molar-refractivity contribution >= 4 is 5.97 Å². The lowest BCUT2D eigenvalue weighted by molar-refractivity contribution is -0.142. The second-order valence-electron chi connectivity index (χ2n) is 11.6. The number of carbonyl (C=O) groups excluding carboxylic acids is 1. The molecule has 0 bridgehead atoms. The molecule has 206 valence electrons. The summed E-state index contributed by atoms with van der Waals surface area (Å²) in [5.41, 5.74) is 3.38. The third kappa shape index (κ3) is 8.45. The maximum absolute atomic E-state index is 13.8. The monoisotopic (exact) mass is 515 g/mol. The van der Waals surface area contributed by atoms with Gasteiger partial charge < -0.3 is 4.74 Å². The Morgan fingerprint density at radius 3 is 2.24 bits per heavy atom. The Morgan fingerprint density at radius 1 is 0.895 bits per heavy atom. The standard InChI is InChI=1S/C35H49NO2/c1-4-6-8-9-10-12-16-29-17-20-32(21-18-29)35(23-13-11-14-24-35)34(37)38-33-22-19-30(26-31(33)27-36)25-28(3)15-7-5-2/h17-22,26,28H,4-16,23-25H2,1-3H3. The van der Waals surface area contributed by atoms with E-state index in [4.69, 9.17) is 4.74 Å². The van der Waals surface area contributed by atoms with Crippen molar-refractivity contribution in [2.75, 3.05) is 0 Å². The predicted molar refractivity (Wildman–Crippen MR) is 157 cm³/mol. The molecule has 0 saturated heterocycles. The normalized spacial score (nSPS) is 15.5. The first kappa shape index (κ1) is 29.9. The summed E-state index contributed by atoms with van der Waals surface area (Å²) in [6, 6.07) is 16.8. The van der Waals surface area contributed by atoms with Gasteiger partial charge in [0.25, 0.3) is 0 Å². The topological polar surface area (TPSA) is 50.1 Å². The maximum Gasteiger partial charge on any atom is 0.321 e. The summed E-state index contributed by atoms with van der Waals surface area (Å²) in [6.45, 7) is 6.74. The molecule has 0 heterocycles. The van der Waals surface area contributed by atoms with Crippen LogP contribution in [-0.2, 0) is 23.1 Å². The summed E-state index contributed by atoms with van der Waals surface area (Å²) in [5, 5.41) is 9.84. The van der Waals surface area contributed by atoms with Gasteiger partial charge in [0.2, 0.25) is 0 Å². The minimum Gasteiger partial charge on any atom is -0.424 e. The molecule has 1 atom stereocenters. The highest BCUT2D eigenvalue weighted by Crippen LogP contribution is 2.41. The summed E-state index contributed by atoms with van der Waals surface area (Å²) in [6.07, 6.45) is 18.3. The molecule has 38 heavy (non-hydrogen) atoms. The SMILES string of the molecule is CCCCCCCCc1ccc(C2(C(=O)Oc3ccc(CC(C)CCCC)cc3C#N)CCCCC2)cc1. The Kier molecular flexibility index (Phi) is 12.4. The van der Waals surface area contributed by atoms with Gasteiger partial charge in [-0.05, 0) is 66.8 Å². The van der Waals surface area contributed by atoms with Crippen LogP contribution in [0.15, 0.2) is 42.5 Å². The van der Waals surface area contributed by atoms with Crippen LogP contribution in [0.3, 0.4) is 0 Å². The number of nitrogens with zero attached hydrogens (tertiary/aromatic N) is 1. The van der Waals surface area contributed by atoms with E-state index in [0.29, 0.717) is 17.2 Å². The van der Waals surface area contributed by atoms with E-state index in [9.17, 15) is 10.1 Å². The van der Waals surface area contributed by atoms with Gasteiger partial charge in [-0.15, -0.1) is 0 Å². The highest BCUT2D eigenvalue weighted by atomic mass is 16.5. The van der Waals surface area contributed by atoms with Crippen LogP contribution in [0.1, 0.15) is 133 Å². The lowest BCUT2D eigenvalue weighted by Crippen LogP contribution is -2.41. The van der Waals surface area contributed by atoms with Gasteiger partial charge in [-0.1, -0.05) is 122 Å². The summed E-state index contributed by atoms with van der Waals surface area (Å²) >= 11 is 0. The third-order valence-corrected chi connectivity index (χ3v) is 8.43. The second kappa shape index (κ2) is 15.7. The highest BCUT2D eigenvalue weighted by Gasteiger charge is 2.43. The first-order chi connectivity index (χ1) is 18.5. The molecule has 0 amide bonds. The Bertz CT molecular complexity index is 1030. The molecule has 0 aliphatic heterocycles. The number of carbonyl (C=O) groups is 1. The molecule has 3 rings (SSSR count). The molecule has 1 fully saturated rings. The molecule has 1 saturated carbocycles. The van der Waals surface area contributed by atoms with Gasteiger partial charge in [0.05, 0.1) is 11.0 Å². The molecular formula is C35H49NO2. The molecule has 0 spiro atoms. The minimum atomic E-state index is -0.628. The van der Waals surface area contributed by atoms with E-state index in [2.05, 4.69) is 51.1 Å². The number of hydrogen-bond donors (Lipinski definition) is 0. The zero-order valence-electron chi connectivity index (χ0n) is 24.2. The molecule has 0 radical (unpaired) electrons. The molecular weight excluding hydrogens is 466 g/mol. The lowest BCUT2D eigenvalue weighted by Gasteiger charge is -2.35. The van der Waals surface area contributed by atoms with Crippen molar-refractivity contribution in [1.29, 1.82) is 5.26 Å². The van der Waals surface area contributed by atoms with Crippen molar-refractivity contribution in [2.45, 2.75) is 129 Å². The molecule has 1 aliphatic rings. The fourth-order valence-electron chi connectivity index (χ4n) is 6.00. The van der Waals surface area contributed by atoms with Gasteiger partial charge in [0.15, 0.2) is 0 Å². The number of benzene rings is 2. The van der Waals surface area contributed by atoms with E-state index in [1.807, 2.05) is 18.2 Å². The number of esters is 1. The number of ether oxygens (including phenoxy) is 1. The molecule has 0 N–H and O–H groups in total. The van der Waals surface area contributed by atoms with Crippen LogP contribution in [0.2, 0.25) is 0 Å². The molecule has 0 aromatic heterocycles. The van der Waals surface area contributed by atoms with Crippen LogP contribution in [-0.4, -0.2) is 5.97 Å². The summed E-state index contributed by atoms with van der Waals surface area (Å²) in [4.78, 5) is 13.8. The number of aryl methyl sites for hydroxylation is 1. The summed E-state index contributed by atoms with van der Waals surface area (Å²) in [7, 11) is 0. The maximum atomic E-state index is 13.8. The lowest BCUT2D eigenvalue weighted by atomic mass is 9.69. The van der Waals surface area contributed by atoms with Crippen molar-refractivity contribution < 1.29 is 9.53 Å². The average molecular weight is 516 g/mol. The van der Waals surface area contributed by atoms with Gasteiger partial charge in [0, 0.05) is 0 Å². The quantitative estimate of drug-likeness (QED) is 0.135. The van der Waals surface area contributed by atoms with Gasteiger partial charge in [0.1, 0.15) is 11.8 Å². The Balaban J connectivity index is 1.70. The van der Waals surface area contributed by atoms with E-state index in [1.165, 1.54) is 63.4 Å². The first-order valence-electron chi connectivity index (χ1n) is 15.4. The second-order valence-corrected chi connectivity index (χ2v) is 11.6. The van der Waals surface area contributed by atoms with Gasteiger partial charge in [-0.3, -0.25) is 4.79 Å². The molecule has 3 heteroatoms. The van der Waals surface area contributed by atoms with Crippen LogP contribution in [0.25, 0.3) is 0 Å². The van der Waals surface area contributed by atoms with Crippen LogP contribution in [0, 0.1) is 17.2 Å². The molecule has 2 aromatic carbocycles. The Morgan fingerprint density at radius 2 is 1.55 bits per heavy atom. The smallest absolute Gasteiger partial charge is 0.321 e. The fraction of sp³-hybridized carbons (Fsp3) is 0.600.